The summed E-state index contributed by atoms with van der Waals surface area (Å²) in [6.07, 6.45) is 4.46. The van der Waals surface area contributed by atoms with Crippen molar-refractivity contribution in [1.29, 1.82) is 0 Å². The van der Waals surface area contributed by atoms with Gasteiger partial charge in [0.05, 0.1) is 11.6 Å². The number of pyridine rings is 1. The minimum Gasteiger partial charge on any atom is -0.321 e. The lowest BCUT2D eigenvalue weighted by Crippen LogP contribution is -2.35. The number of hydrogen-bond donors (Lipinski definition) is 1. The Hall–Kier alpha value is -3.62. The summed E-state index contributed by atoms with van der Waals surface area (Å²) in [6.45, 7) is 3.36. The van der Waals surface area contributed by atoms with Gasteiger partial charge in [-0.05, 0) is 64.2 Å². The smallest absolute Gasteiger partial charge is 0.253 e. The topological polar surface area (TPSA) is 79.7 Å². The molecule has 5 aromatic rings. The van der Waals surface area contributed by atoms with Crippen LogP contribution in [0.3, 0.4) is 0 Å². The number of nitrogens with zero attached hydrogens (tertiary/aromatic N) is 5. The van der Waals surface area contributed by atoms with Gasteiger partial charge in [-0.15, -0.1) is 16.4 Å². The fourth-order valence-corrected chi connectivity index (χ4v) is 6.28. The number of benzene rings is 2. The Morgan fingerprint density at radius 3 is 2.68 bits per heavy atom. The number of H-pyrrole nitrogens is 1. The molecule has 0 bridgehead atoms. The Balaban J connectivity index is 1.54. The van der Waals surface area contributed by atoms with Gasteiger partial charge < -0.3 is 4.98 Å². The number of para-hydroxylation sites is 1. The molecule has 3 heterocycles. The molecule has 1 aliphatic rings. The van der Waals surface area contributed by atoms with E-state index >= 15 is 0 Å². The van der Waals surface area contributed by atoms with E-state index in [4.69, 9.17) is 0 Å². The maximum atomic E-state index is 13.8. The van der Waals surface area contributed by atoms with E-state index in [1.54, 1.807) is 11.3 Å². The summed E-state index contributed by atoms with van der Waals surface area (Å²) in [5.74, 6) is 0.733. The monoisotopic (exact) mass is 510 g/mol. The molecule has 1 saturated carbocycles. The van der Waals surface area contributed by atoms with Crippen molar-refractivity contribution in [2.45, 2.75) is 57.8 Å². The Morgan fingerprint density at radius 2 is 1.89 bits per heavy atom. The molecule has 6 rings (SSSR count). The third kappa shape index (κ3) is 4.86. The van der Waals surface area contributed by atoms with Crippen LogP contribution in [0.4, 0.5) is 0 Å². The quantitative estimate of drug-likeness (QED) is 0.286. The molecule has 188 valence electrons. The molecule has 1 atom stereocenters. The Bertz CT molecular complexity index is 1540. The molecule has 1 fully saturated rings. The van der Waals surface area contributed by atoms with Crippen LogP contribution in [0.1, 0.15) is 65.2 Å². The van der Waals surface area contributed by atoms with Gasteiger partial charge in [-0.2, -0.15) is 0 Å². The fourth-order valence-electron chi connectivity index (χ4n) is 5.55. The minimum absolute atomic E-state index is 0.1000. The van der Waals surface area contributed by atoms with Crippen molar-refractivity contribution in [3.8, 4) is 0 Å². The summed E-state index contributed by atoms with van der Waals surface area (Å²) in [5, 5.41) is 16.3. The molecule has 1 N–H and O–H groups in total. The van der Waals surface area contributed by atoms with Crippen molar-refractivity contribution in [3.63, 3.8) is 0 Å². The summed E-state index contributed by atoms with van der Waals surface area (Å²) in [5.41, 5.74) is 3.67. The predicted molar refractivity (Wildman–Crippen MR) is 146 cm³/mol. The normalized spacial score (nSPS) is 15.1. The van der Waals surface area contributed by atoms with E-state index in [-0.39, 0.29) is 11.6 Å². The van der Waals surface area contributed by atoms with E-state index < -0.39 is 6.04 Å². The number of rotatable bonds is 8. The van der Waals surface area contributed by atoms with Crippen molar-refractivity contribution < 1.29 is 0 Å². The zero-order valence-corrected chi connectivity index (χ0v) is 21.7. The average Bonchev–Trinajstić information content (AvgIpc) is 3.69. The lowest BCUT2D eigenvalue weighted by Gasteiger charge is -2.31. The van der Waals surface area contributed by atoms with Gasteiger partial charge in [0.2, 0.25) is 0 Å². The number of thiophene rings is 1. The van der Waals surface area contributed by atoms with E-state index in [2.05, 4.69) is 73.3 Å². The van der Waals surface area contributed by atoms with Crippen molar-refractivity contribution >= 4 is 22.2 Å². The number of nitrogens with one attached hydrogen (secondary N) is 1. The maximum Gasteiger partial charge on any atom is 0.253 e. The standard InChI is InChI=1S/C29H30N6OS/c1-20-9-7-12-22-17-25(29(36)30-26(20)22)27(28-31-32-33-35(28)23-13-5-6-14-23)34(19-24-15-8-16-37-24)18-21-10-3-2-4-11-21/h2-4,7-12,15-17,23,27H,5-6,13-14,18-19H2,1H3,(H,30,36)/t27-/m0/s1. The molecule has 0 unspecified atom stereocenters. The van der Waals surface area contributed by atoms with Gasteiger partial charge in [-0.1, -0.05) is 67.4 Å². The van der Waals surface area contributed by atoms with E-state index in [0.29, 0.717) is 18.7 Å². The van der Waals surface area contributed by atoms with Gasteiger partial charge >= 0.3 is 0 Å². The van der Waals surface area contributed by atoms with Crippen LogP contribution in [0.2, 0.25) is 0 Å². The van der Waals surface area contributed by atoms with Crippen molar-refractivity contribution in [1.82, 2.24) is 30.1 Å². The van der Waals surface area contributed by atoms with Crippen LogP contribution in [-0.4, -0.2) is 30.1 Å². The van der Waals surface area contributed by atoms with Crippen LogP contribution in [0.5, 0.6) is 0 Å². The minimum atomic E-state index is -0.411. The van der Waals surface area contributed by atoms with Gasteiger partial charge in [0.25, 0.3) is 5.56 Å². The van der Waals surface area contributed by atoms with Crippen LogP contribution in [0.25, 0.3) is 10.9 Å². The highest BCUT2D eigenvalue weighted by Crippen LogP contribution is 2.35. The molecule has 2 aromatic carbocycles. The zero-order chi connectivity index (χ0) is 25.2. The lowest BCUT2D eigenvalue weighted by atomic mass is 10.0. The molecule has 1 aliphatic carbocycles. The van der Waals surface area contributed by atoms with Crippen molar-refractivity contribution in [2.75, 3.05) is 0 Å². The molecular weight excluding hydrogens is 480 g/mol. The number of hydrogen-bond acceptors (Lipinski definition) is 6. The van der Waals surface area contributed by atoms with Crippen molar-refractivity contribution in [2.24, 2.45) is 0 Å². The summed E-state index contributed by atoms with van der Waals surface area (Å²) >= 11 is 1.72. The summed E-state index contributed by atoms with van der Waals surface area (Å²) in [6, 6.07) is 22.6. The highest BCUT2D eigenvalue weighted by atomic mass is 32.1. The van der Waals surface area contributed by atoms with E-state index in [1.807, 2.05) is 35.9 Å². The third-order valence-electron chi connectivity index (χ3n) is 7.38. The van der Waals surface area contributed by atoms with Crippen LogP contribution >= 0.6 is 11.3 Å². The summed E-state index contributed by atoms with van der Waals surface area (Å²) in [4.78, 5) is 20.5. The number of fused-ring (bicyclic) bond motifs is 1. The van der Waals surface area contributed by atoms with Crippen LogP contribution in [0.15, 0.2) is 76.9 Å². The van der Waals surface area contributed by atoms with E-state index in [0.717, 1.165) is 35.1 Å². The largest absolute Gasteiger partial charge is 0.321 e. The molecule has 7 nitrogen and oxygen atoms in total. The third-order valence-corrected chi connectivity index (χ3v) is 8.24. The SMILES string of the molecule is Cc1cccc2cc([C@@H](c3nnnn3C3CCCC3)N(Cc3ccccc3)Cc3cccs3)c(=O)[nH]c12. The van der Waals surface area contributed by atoms with Crippen LogP contribution < -0.4 is 5.56 Å². The average molecular weight is 511 g/mol. The van der Waals surface area contributed by atoms with Crippen molar-refractivity contribution in [3.05, 3.63) is 110 Å². The fraction of sp³-hybridized carbons (Fsp3) is 0.310. The second-order valence-corrected chi connectivity index (χ2v) is 10.9. The predicted octanol–water partition coefficient (Wildman–Crippen LogP) is 5.79. The second kappa shape index (κ2) is 10.4. The number of aromatic nitrogens is 5. The molecule has 3 aromatic heterocycles. The number of tetrazole rings is 1. The first-order chi connectivity index (χ1) is 18.2. The molecule has 0 aliphatic heterocycles. The van der Waals surface area contributed by atoms with E-state index in [1.165, 1.54) is 23.3 Å². The van der Waals surface area contributed by atoms with Gasteiger partial charge in [-0.25, -0.2) is 4.68 Å². The molecule has 37 heavy (non-hydrogen) atoms. The Kier molecular flexibility index (Phi) is 6.68. The zero-order valence-electron chi connectivity index (χ0n) is 20.9. The van der Waals surface area contributed by atoms with Crippen LogP contribution in [-0.2, 0) is 13.1 Å². The first kappa shape index (κ1) is 23.8. The summed E-state index contributed by atoms with van der Waals surface area (Å²) < 4.78 is 1.99. The molecule has 8 heteroatoms. The Morgan fingerprint density at radius 1 is 1.05 bits per heavy atom. The Labute approximate surface area is 219 Å². The number of aromatic amines is 1. The summed E-state index contributed by atoms with van der Waals surface area (Å²) in [7, 11) is 0. The van der Waals surface area contributed by atoms with Gasteiger partial charge in [0.15, 0.2) is 5.82 Å². The van der Waals surface area contributed by atoms with Gasteiger partial charge in [-0.3, -0.25) is 9.69 Å². The first-order valence-corrected chi connectivity index (χ1v) is 13.8. The van der Waals surface area contributed by atoms with Crippen LogP contribution in [0, 0.1) is 6.92 Å². The lowest BCUT2D eigenvalue weighted by molar-refractivity contribution is 0.192. The van der Waals surface area contributed by atoms with Gasteiger partial charge in [0, 0.05) is 23.5 Å². The molecule has 0 spiro atoms. The number of aryl methyl sites for hydroxylation is 1. The highest BCUT2D eigenvalue weighted by molar-refractivity contribution is 7.09. The van der Waals surface area contributed by atoms with Gasteiger partial charge in [0.1, 0.15) is 6.04 Å². The van der Waals surface area contributed by atoms with E-state index in [9.17, 15) is 4.79 Å². The first-order valence-electron chi connectivity index (χ1n) is 12.9. The molecule has 0 saturated heterocycles. The molecular formula is C29H30N6OS. The molecule has 0 amide bonds. The second-order valence-electron chi connectivity index (χ2n) is 9.89. The molecule has 0 radical (unpaired) electrons. The maximum absolute atomic E-state index is 13.8. The highest BCUT2D eigenvalue weighted by Gasteiger charge is 2.33.